The third-order valence-corrected chi connectivity index (χ3v) is 9.77. The standard InChI is InChI=1S/C42H59N7O7/c1-9-29(2)37(48-23-22-46(40(48)53)26-33-17-13-14-30(3)43-33)38(51)44-35(24-31-15-11-10-12-16-31)36(50)27-47(25-32-18-20-34(55-7)21-19-32)45-39(52)49(41(54)56-8)28-42(4,5)6/h10-21,29,35-37,50H,9,22-28H2,1-8H3,(H,44,51)(H,45,52). The van der Waals surface area contributed by atoms with Gasteiger partial charge < -0.3 is 29.7 Å². The van der Waals surface area contributed by atoms with Crippen LogP contribution < -0.4 is 15.5 Å². The molecule has 0 aliphatic carbocycles. The lowest BCUT2D eigenvalue weighted by Gasteiger charge is -2.35. The van der Waals surface area contributed by atoms with Crippen LogP contribution in [-0.2, 0) is 29.0 Å². The van der Waals surface area contributed by atoms with Crippen LogP contribution in [0, 0.1) is 18.3 Å². The lowest BCUT2D eigenvalue weighted by molar-refractivity contribution is -0.128. The number of pyridine rings is 1. The van der Waals surface area contributed by atoms with Gasteiger partial charge in [-0.25, -0.2) is 24.3 Å². The van der Waals surface area contributed by atoms with Crippen LogP contribution in [0.5, 0.6) is 5.75 Å². The summed E-state index contributed by atoms with van der Waals surface area (Å²) in [6.45, 7) is 12.8. The fraction of sp³-hybridized carbons (Fsp3) is 0.500. The lowest BCUT2D eigenvalue weighted by atomic mass is 9.95. The van der Waals surface area contributed by atoms with Gasteiger partial charge in [-0.2, -0.15) is 0 Å². The number of rotatable bonds is 17. The molecule has 0 bridgehead atoms. The van der Waals surface area contributed by atoms with Crippen molar-refractivity contribution in [3.05, 3.63) is 95.3 Å². The van der Waals surface area contributed by atoms with Crippen molar-refractivity contribution in [3.8, 4) is 5.75 Å². The van der Waals surface area contributed by atoms with E-state index in [0.717, 1.165) is 27.4 Å². The van der Waals surface area contributed by atoms with Crippen molar-refractivity contribution in [2.75, 3.05) is 40.4 Å². The summed E-state index contributed by atoms with van der Waals surface area (Å²) in [4.78, 5) is 63.7. The fourth-order valence-corrected chi connectivity index (χ4v) is 6.69. The van der Waals surface area contributed by atoms with Gasteiger partial charge in [0.05, 0.1) is 38.6 Å². The van der Waals surface area contributed by atoms with Gasteiger partial charge in [0.1, 0.15) is 11.8 Å². The number of hydrazine groups is 1. The Morgan fingerprint density at radius 1 is 0.964 bits per heavy atom. The predicted molar refractivity (Wildman–Crippen MR) is 213 cm³/mol. The van der Waals surface area contributed by atoms with Gasteiger partial charge in [0.15, 0.2) is 0 Å². The van der Waals surface area contributed by atoms with E-state index in [0.29, 0.717) is 31.8 Å². The second-order valence-corrected chi connectivity index (χ2v) is 15.6. The number of benzene rings is 2. The minimum atomic E-state index is -1.22. The molecular weight excluding hydrogens is 715 g/mol. The Morgan fingerprint density at radius 3 is 2.27 bits per heavy atom. The van der Waals surface area contributed by atoms with E-state index in [-0.39, 0.29) is 43.9 Å². The number of aliphatic hydroxyl groups is 1. The van der Waals surface area contributed by atoms with E-state index in [4.69, 9.17) is 9.47 Å². The van der Waals surface area contributed by atoms with Crippen molar-refractivity contribution < 1.29 is 33.8 Å². The molecule has 0 radical (unpaired) electrons. The van der Waals surface area contributed by atoms with Crippen LogP contribution in [0.2, 0.25) is 0 Å². The van der Waals surface area contributed by atoms with Crippen LogP contribution in [-0.4, -0.2) is 112 Å². The Balaban J connectivity index is 1.61. The molecule has 4 rings (SSSR count). The topological polar surface area (TPSA) is 157 Å². The van der Waals surface area contributed by atoms with Gasteiger partial charge in [-0.1, -0.05) is 89.6 Å². The quantitative estimate of drug-likeness (QED) is 0.153. The molecule has 14 nitrogen and oxygen atoms in total. The number of methoxy groups -OCH3 is 2. The van der Waals surface area contributed by atoms with Crippen molar-refractivity contribution in [2.24, 2.45) is 11.3 Å². The number of nitrogens with one attached hydrogen (secondary N) is 2. The highest BCUT2D eigenvalue weighted by molar-refractivity contribution is 5.90. The highest BCUT2D eigenvalue weighted by Crippen LogP contribution is 2.23. The second kappa shape index (κ2) is 20.1. The molecule has 304 valence electrons. The molecule has 1 fully saturated rings. The zero-order valence-electron chi connectivity index (χ0n) is 34.0. The van der Waals surface area contributed by atoms with E-state index in [9.17, 15) is 24.3 Å². The van der Waals surface area contributed by atoms with Crippen LogP contribution >= 0.6 is 0 Å². The summed E-state index contributed by atoms with van der Waals surface area (Å²) in [6, 6.07) is 19.8. The predicted octanol–water partition coefficient (Wildman–Crippen LogP) is 5.38. The summed E-state index contributed by atoms with van der Waals surface area (Å²) in [5.74, 6) is 0.0823. The van der Waals surface area contributed by atoms with Gasteiger partial charge >= 0.3 is 18.2 Å². The van der Waals surface area contributed by atoms with Crippen molar-refractivity contribution in [1.29, 1.82) is 0 Å². The van der Waals surface area contributed by atoms with E-state index < -0.39 is 35.7 Å². The third kappa shape index (κ3) is 12.4. The first-order valence-electron chi connectivity index (χ1n) is 19.2. The molecule has 2 heterocycles. The number of nitrogens with zero attached hydrogens (tertiary/aromatic N) is 5. The van der Waals surface area contributed by atoms with Gasteiger partial charge in [-0.15, -0.1) is 0 Å². The molecule has 1 aromatic heterocycles. The Labute approximate surface area is 331 Å². The first-order valence-corrected chi connectivity index (χ1v) is 19.2. The normalized spacial score (nSPS) is 15.2. The Morgan fingerprint density at radius 2 is 1.66 bits per heavy atom. The molecule has 0 saturated carbocycles. The molecule has 4 unspecified atom stereocenters. The number of aliphatic hydroxyl groups excluding tert-OH is 1. The zero-order valence-corrected chi connectivity index (χ0v) is 34.0. The van der Waals surface area contributed by atoms with Crippen LogP contribution in [0.15, 0.2) is 72.8 Å². The van der Waals surface area contributed by atoms with Crippen molar-refractivity contribution in [2.45, 2.75) is 85.7 Å². The fourth-order valence-electron chi connectivity index (χ4n) is 6.69. The first kappa shape index (κ1) is 43.5. The van der Waals surface area contributed by atoms with Gasteiger partial charge in [-0.05, 0) is 60.1 Å². The van der Waals surface area contributed by atoms with Crippen molar-refractivity contribution in [1.82, 2.24) is 35.4 Å². The molecular formula is C42H59N7O7. The molecule has 1 aliphatic rings. The smallest absolute Gasteiger partial charge is 0.417 e. The number of amides is 6. The van der Waals surface area contributed by atoms with E-state index in [1.54, 1.807) is 29.0 Å². The molecule has 56 heavy (non-hydrogen) atoms. The molecule has 1 aliphatic heterocycles. The van der Waals surface area contributed by atoms with Crippen molar-refractivity contribution >= 4 is 24.1 Å². The minimum absolute atomic E-state index is 0.0717. The first-order chi connectivity index (χ1) is 26.6. The minimum Gasteiger partial charge on any atom is -0.497 e. The summed E-state index contributed by atoms with van der Waals surface area (Å²) < 4.78 is 10.3. The Hall–Kier alpha value is -5.21. The van der Waals surface area contributed by atoms with E-state index in [1.807, 2.05) is 102 Å². The van der Waals surface area contributed by atoms with Crippen LogP contribution in [0.3, 0.4) is 0 Å². The van der Waals surface area contributed by atoms with Crippen LogP contribution in [0.1, 0.15) is 63.6 Å². The highest BCUT2D eigenvalue weighted by atomic mass is 16.5. The van der Waals surface area contributed by atoms with E-state index in [1.165, 1.54) is 12.1 Å². The van der Waals surface area contributed by atoms with Crippen LogP contribution in [0.25, 0.3) is 0 Å². The number of carbonyl (C=O) groups is 4. The molecule has 3 aromatic rings. The molecule has 0 spiro atoms. The molecule has 1 saturated heterocycles. The maximum Gasteiger partial charge on any atom is 0.417 e. The Bertz CT molecular complexity index is 1750. The maximum atomic E-state index is 14.4. The molecule has 6 amide bonds. The largest absolute Gasteiger partial charge is 0.497 e. The molecule has 2 aromatic carbocycles. The van der Waals surface area contributed by atoms with Gasteiger partial charge in [0.2, 0.25) is 5.91 Å². The van der Waals surface area contributed by atoms with E-state index in [2.05, 4.69) is 15.7 Å². The summed E-state index contributed by atoms with van der Waals surface area (Å²) in [7, 11) is 2.78. The molecule has 3 N–H and O–H groups in total. The number of hydrogen-bond donors (Lipinski definition) is 3. The van der Waals surface area contributed by atoms with Gasteiger partial charge in [-0.3, -0.25) is 15.2 Å². The number of aromatic nitrogens is 1. The summed E-state index contributed by atoms with van der Waals surface area (Å²) >= 11 is 0. The molecule has 14 heteroatoms. The highest BCUT2D eigenvalue weighted by Gasteiger charge is 2.41. The lowest BCUT2D eigenvalue weighted by Crippen LogP contribution is -2.59. The SMILES string of the molecule is CCC(C)C(C(=O)NC(Cc1ccccc1)C(O)CN(Cc1ccc(OC)cc1)NC(=O)N(CC(C)(C)C)C(=O)OC)N1CCN(Cc2cccc(C)n2)C1=O. The maximum absolute atomic E-state index is 14.4. The number of ether oxygens (including phenoxy) is 2. The van der Waals surface area contributed by atoms with Crippen molar-refractivity contribution in [3.63, 3.8) is 0 Å². The van der Waals surface area contributed by atoms with Gasteiger partial charge in [0.25, 0.3) is 0 Å². The second-order valence-electron chi connectivity index (χ2n) is 15.6. The molecule has 4 atom stereocenters. The van der Waals surface area contributed by atoms with Crippen LogP contribution in [0.4, 0.5) is 14.4 Å². The number of urea groups is 2. The summed E-state index contributed by atoms with van der Waals surface area (Å²) in [6.07, 6.45) is -1.14. The summed E-state index contributed by atoms with van der Waals surface area (Å²) in [5.41, 5.74) is 5.68. The average Bonchev–Trinajstić information content (AvgIpc) is 3.51. The van der Waals surface area contributed by atoms with Gasteiger partial charge in [0, 0.05) is 38.4 Å². The van der Waals surface area contributed by atoms with E-state index >= 15 is 0 Å². The third-order valence-electron chi connectivity index (χ3n) is 9.77. The monoisotopic (exact) mass is 773 g/mol. The number of imide groups is 1. The number of hydrogen-bond acceptors (Lipinski definition) is 9. The zero-order chi connectivity index (χ0) is 41.0. The average molecular weight is 774 g/mol. The Kier molecular flexibility index (Phi) is 15.6. The summed E-state index contributed by atoms with van der Waals surface area (Å²) in [5, 5.41) is 16.7. The number of carbonyl (C=O) groups excluding carboxylic acids is 4. The number of aryl methyl sites for hydroxylation is 1.